The van der Waals surface area contributed by atoms with Crippen molar-refractivity contribution in [3.63, 3.8) is 0 Å². The molecule has 72 valence electrons. The van der Waals surface area contributed by atoms with Crippen molar-refractivity contribution in [3.05, 3.63) is 34.1 Å². The minimum atomic E-state index is -0.641. The van der Waals surface area contributed by atoms with Crippen molar-refractivity contribution in [3.8, 4) is 5.75 Å². The summed E-state index contributed by atoms with van der Waals surface area (Å²) < 4.78 is 13.3. The van der Waals surface area contributed by atoms with Gasteiger partial charge in [0.15, 0.2) is 0 Å². The summed E-state index contributed by atoms with van der Waals surface area (Å²) in [7, 11) is 0. The van der Waals surface area contributed by atoms with E-state index in [1.165, 1.54) is 12.1 Å². The fourth-order valence-corrected chi connectivity index (χ4v) is 2.03. The van der Waals surface area contributed by atoms with Gasteiger partial charge in [0.25, 0.3) is 0 Å². The number of rotatable bonds is 1. The largest absolute Gasteiger partial charge is 0.508 e. The quantitative estimate of drug-likeness (QED) is 0.585. The molecular weight excluding hydrogens is 209 g/mol. The lowest BCUT2D eigenvalue weighted by Gasteiger charge is -1.92. The van der Waals surface area contributed by atoms with Crippen molar-refractivity contribution in [2.75, 3.05) is 0 Å². The summed E-state index contributed by atoms with van der Waals surface area (Å²) in [5, 5.41) is 19.7. The molecule has 0 saturated heterocycles. The Kier molecular flexibility index (Phi) is 1.85. The van der Waals surface area contributed by atoms with Crippen LogP contribution in [-0.4, -0.2) is 10.0 Å². The molecule has 1 N–H and O–H groups in total. The molecule has 1 aromatic carbocycles. The fourth-order valence-electron chi connectivity index (χ4n) is 1.17. The minimum absolute atomic E-state index is 0.135. The molecule has 1 aromatic heterocycles. The lowest BCUT2D eigenvalue weighted by molar-refractivity contribution is -0.380. The van der Waals surface area contributed by atoms with Crippen LogP contribution in [0.4, 0.5) is 9.39 Å². The van der Waals surface area contributed by atoms with Gasteiger partial charge in [0.2, 0.25) is 0 Å². The van der Waals surface area contributed by atoms with E-state index in [9.17, 15) is 14.5 Å². The molecule has 0 radical (unpaired) electrons. The third-order valence-corrected chi connectivity index (χ3v) is 2.83. The molecule has 0 fully saturated rings. The highest BCUT2D eigenvalue weighted by Crippen LogP contribution is 2.35. The van der Waals surface area contributed by atoms with Gasteiger partial charge in [-0.1, -0.05) is 11.3 Å². The number of benzene rings is 1. The number of nitrogens with zero attached hydrogens (tertiary/aromatic N) is 1. The van der Waals surface area contributed by atoms with Gasteiger partial charge in [-0.2, -0.15) is 0 Å². The minimum Gasteiger partial charge on any atom is -0.508 e. The highest BCUT2D eigenvalue weighted by Gasteiger charge is 2.14. The van der Waals surface area contributed by atoms with Gasteiger partial charge in [0, 0.05) is 17.5 Å². The first-order valence-electron chi connectivity index (χ1n) is 3.64. The van der Waals surface area contributed by atoms with E-state index in [2.05, 4.69) is 0 Å². The summed E-state index contributed by atoms with van der Waals surface area (Å²) in [5.41, 5.74) is 0. The first-order valence-corrected chi connectivity index (χ1v) is 4.46. The van der Waals surface area contributed by atoms with Crippen LogP contribution in [0.1, 0.15) is 0 Å². The molecule has 0 unspecified atom stereocenters. The molecule has 4 nitrogen and oxygen atoms in total. The monoisotopic (exact) mass is 213 g/mol. The lowest BCUT2D eigenvalue weighted by atomic mass is 10.2. The van der Waals surface area contributed by atoms with Crippen LogP contribution in [0.25, 0.3) is 10.1 Å². The smallest absolute Gasteiger partial charge is 0.325 e. The Hall–Kier alpha value is -1.69. The van der Waals surface area contributed by atoms with Crippen molar-refractivity contribution in [2.24, 2.45) is 0 Å². The van der Waals surface area contributed by atoms with E-state index < -0.39 is 10.7 Å². The Labute approximate surface area is 81.4 Å². The number of aromatic hydroxyl groups is 1. The zero-order valence-corrected chi connectivity index (χ0v) is 7.55. The second-order valence-corrected chi connectivity index (χ2v) is 3.72. The maximum absolute atomic E-state index is 13.2. The standard InChI is InChI=1S/C8H4FNO3S/c9-6-3-5(11)1-4-2-7(10(12)13)14-8(4)6/h1-3,11H. The maximum Gasteiger partial charge on any atom is 0.325 e. The van der Waals surface area contributed by atoms with Gasteiger partial charge in [0.1, 0.15) is 11.6 Å². The van der Waals surface area contributed by atoms with Crippen molar-refractivity contribution in [1.82, 2.24) is 0 Å². The average molecular weight is 213 g/mol. The van der Waals surface area contributed by atoms with E-state index in [4.69, 9.17) is 5.11 Å². The van der Waals surface area contributed by atoms with Crippen molar-refractivity contribution in [1.29, 1.82) is 0 Å². The van der Waals surface area contributed by atoms with E-state index in [0.29, 0.717) is 5.39 Å². The molecule has 2 aromatic rings. The molecule has 1 heterocycles. The van der Waals surface area contributed by atoms with Gasteiger partial charge in [0.05, 0.1) is 9.62 Å². The summed E-state index contributed by atoms with van der Waals surface area (Å²) in [6, 6.07) is 3.47. The van der Waals surface area contributed by atoms with Gasteiger partial charge < -0.3 is 5.11 Å². The zero-order valence-electron chi connectivity index (χ0n) is 6.73. The second-order valence-electron chi connectivity index (χ2n) is 2.69. The van der Waals surface area contributed by atoms with Crippen molar-refractivity contribution >= 4 is 26.4 Å². The van der Waals surface area contributed by atoms with Crippen molar-refractivity contribution in [2.45, 2.75) is 0 Å². The van der Waals surface area contributed by atoms with E-state index >= 15 is 0 Å². The summed E-state index contributed by atoms with van der Waals surface area (Å²) in [5.74, 6) is -0.874. The third-order valence-electron chi connectivity index (χ3n) is 1.72. The Morgan fingerprint density at radius 3 is 2.79 bits per heavy atom. The summed E-state index contributed by atoms with van der Waals surface area (Å²) in [6.45, 7) is 0. The number of phenols is 1. The predicted molar refractivity (Wildman–Crippen MR) is 50.1 cm³/mol. The topological polar surface area (TPSA) is 63.4 Å². The fraction of sp³-hybridized carbons (Fsp3) is 0. The van der Waals surface area contributed by atoms with Crippen LogP contribution in [0.2, 0.25) is 0 Å². The Morgan fingerprint density at radius 1 is 1.43 bits per heavy atom. The molecule has 0 bridgehead atoms. The molecule has 0 aliphatic rings. The first kappa shape index (κ1) is 8.89. The molecule has 0 atom stereocenters. The van der Waals surface area contributed by atoms with Gasteiger partial charge in [-0.05, 0) is 6.07 Å². The van der Waals surface area contributed by atoms with E-state index in [0.717, 1.165) is 17.4 Å². The van der Waals surface area contributed by atoms with Crippen molar-refractivity contribution < 1.29 is 14.4 Å². The van der Waals surface area contributed by atoms with Crippen LogP contribution in [0.3, 0.4) is 0 Å². The highest BCUT2D eigenvalue weighted by atomic mass is 32.1. The van der Waals surface area contributed by atoms with Gasteiger partial charge in [-0.25, -0.2) is 4.39 Å². The number of thiophene rings is 1. The number of nitro groups is 1. The van der Waals surface area contributed by atoms with E-state index in [1.807, 2.05) is 0 Å². The van der Waals surface area contributed by atoms with Crippen LogP contribution in [0, 0.1) is 15.9 Å². The number of hydrogen-bond donors (Lipinski definition) is 1. The molecular formula is C8H4FNO3S. The molecule has 0 saturated carbocycles. The SMILES string of the molecule is O=[N+]([O-])c1cc2cc(O)cc(F)c2s1. The molecule has 0 spiro atoms. The Balaban J connectivity index is 2.76. The summed E-state index contributed by atoms with van der Waals surface area (Å²) in [6.07, 6.45) is 0. The molecule has 6 heteroatoms. The predicted octanol–water partition coefficient (Wildman–Crippen LogP) is 2.65. The molecule has 2 rings (SSSR count). The number of hydrogen-bond acceptors (Lipinski definition) is 4. The van der Waals surface area contributed by atoms with Crippen LogP contribution in [0.5, 0.6) is 5.75 Å². The van der Waals surface area contributed by atoms with Gasteiger partial charge >= 0.3 is 5.00 Å². The molecule has 0 aliphatic carbocycles. The van der Waals surface area contributed by atoms with Crippen LogP contribution >= 0.6 is 11.3 Å². The number of fused-ring (bicyclic) bond motifs is 1. The second kappa shape index (κ2) is 2.91. The number of halogens is 1. The Bertz CT molecular complexity index is 523. The van der Waals surface area contributed by atoms with Gasteiger partial charge in [-0.3, -0.25) is 10.1 Å². The lowest BCUT2D eigenvalue weighted by Crippen LogP contribution is -1.80. The molecule has 0 aliphatic heterocycles. The normalized spacial score (nSPS) is 10.6. The average Bonchev–Trinajstić information content (AvgIpc) is 2.47. The molecule has 0 amide bonds. The van der Waals surface area contributed by atoms with E-state index in [1.54, 1.807) is 0 Å². The number of phenolic OH excluding ortho intramolecular Hbond substituents is 1. The van der Waals surface area contributed by atoms with Crippen LogP contribution in [-0.2, 0) is 0 Å². The first-order chi connectivity index (χ1) is 6.58. The van der Waals surface area contributed by atoms with Crippen LogP contribution < -0.4 is 0 Å². The third kappa shape index (κ3) is 1.29. The molecule has 14 heavy (non-hydrogen) atoms. The van der Waals surface area contributed by atoms with Crippen LogP contribution in [0.15, 0.2) is 18.2 Å². The van der Waals surface area contributed by atoms with E-state index in [-0.39, 0.29) is 15.5 Å². The Morgan fingerprint density at radius 2 is 2.14 bits per heavy atom. The summed E-state index contributed by atoms with van der Waals surface area (Å²) >= 11 is 0.756. The summed E-state index contributed by atoms with van der Waals surface area (Å²) in [4.78, 5) is 9.82. The zero-order chi connectivity index (χ0) is 10.3. The highest BCUT2D eigenvalue weighted by molar-refractivity contribution is 7.22. The van der Waals surface area contributed by atoms with Gasteiger partial charge in [-0.15, -0.1) is 0 Å². The maximum atomic E-state index is 13.2.